The minimum atomic E-state index is -1.08. The smallest absolute Gasteiger partial charge is 0.274 e. The number of imidazole rings is 1. The Bertz CT molecular complexity index is 1310. The van der Waals surface area contributed by atoms with Gasteiger partial charge < -0.3 is 15.6 Å². The van der Waals surface area contributed by atoms with Gasteiger partial charge in [-0.3, -0.25) is 9.79 Å². The summed E-state index contributed by atoms with van der Waals surface area (Å²) in [5, 5.41) is 20.6. The first kappa shape index (κ1) is 19.7. The lowest BCUT2D eigenvalue weighted by molar-refractivity contribution is 0.102. The van der Waals surface area contributed by atoms with Crippen LogP contribution in [0.1, 0.15) is 40.1 Å². The number of pyridine rings is 1. The number of carbonyl (C=O) groups is 1. The highest BCUT2D eigenvalue weighted by Crippen LogP contribution is 2.34. The van der Waals surface area contributed by atoms with Crippen molar-refractivity contribution in [3.8, 4) is 12.1 Å². The molecule has 1 atom stereocenters. The number of aromatic nitrogens is 3. The van der Waals surface area contributed by atoms with Crippen molar-refractivity contribution in [2.24, 2.45) is 10.7 Å². The highest BCUT2D eigenvalue weighted by atomic mass is 19.1. The molecule has 1 amide bonds. The maximum Gasteiger partial charge on any atom is 0.274 e. The topological polar surface area (TPSA) is 146 Å². The molecule has 0 bridgehead atoms. The van der Waals surface area contributed by atoms with E-state index in [4.69, 9.17) is 16.3 Å². The molecule has 1 aliphatic heterocycles. The Balaban J connectivity index is 1.65. The lowest BCUT2D eigenvalue weighted by atomic mass is 9.90. The summed E-state index contributed by atoms with van der Waals surface area (Å²) in [7, 11) is 0. The van der Waals surface area contributed by atoms with Crippen molar-refractivity contribution in [3.05, 3.63) is 76.9 Å². The maximum atomic E-state index is 14.8. The number of aliphatic imine (C=N–C) groups is 1. The summed E-state index contributed by atoms with van der Waals surface area (Å²) in [6, 6.07) is 10.9. The Hall–Kier alpha value is -4.57. The number of nitrogens with two attached hydrogens (primary N) is 1. The number of nitriles is 2. The third-order valence-corrected chi connectivity index (χ3v) is 4.90. The van der Waals surface area contributed by atoms with Crippen LogP contribution in [0.2, 0.25) is 0 Å². The van der Waals surface area contributed by atoms with Crippen LogP contribution in [0.25, 0.3) is 0 Å². The summed E-state index contributed by atoms with van der Waals surface area (Å²) < 4.78 is 16.4. The quantitative estimate of drug-likeness (QED) is 0.671. The second-order valence-corrected chi connectivity index (χ2v) is 7.15. The Morgan fingerprint density at radius 3 is 2.77 bits per heavy atom. The molecule has 152 valence electrons. The molecule has 3 aromatic rings. The minimum Gasteiger partial charge on any atom is -0.381 e. The average Bonchev–Trinajstić information content (AvgIpc) is 3.18. The van der Waals surface area contributed by atoms with Crippen molar-refractivity contribution in [3.63, 3.8) is 0 Å². The summed E-state index contributed by atoms with van der Waals surface area (Å²) in [4.78, 5) is 25.0. The predicted molar refractivity (Wildman–Crippen MR) is 108 cm³/mol. The van der Waals surface area contributed by atoms with Crippen LogP contribution in [0.15, 0.2) is 47.7 Å². The van der Waals surface area contributed by atoms with Gasteiger partial charge in [0.25, 0.3) is 5.91 Å². The number of halogens is 1. The molecule has 0 radical (unpaired) electrons. The number of anilines is 1. The zero-order valence-electron chi connectivity index (χ0n) is 16.3. The number of nitrogens with one attached hydrogen (secondary N) is 1. The van der Waals surface area contributed by atoms with Gasteiger partial charge in [-0.05, 0) is 37.3 Å². The van der Waals surface area contributed by atoms with Gasteiger partial charge in [0.2, 0.25) is 0 Å². The lowest BCUT2D eigenvalue weighted by Gasteiger charge is -2.31. The molecule has 0 fully saturated rings. The van der Waals surface area contributed by atoms with Gasteiger partial charge in [-0.15, -0.1) is 0 Å². The fraction of sp³-hybridized carbons (Fsp3) is 0.143. The summed E-state index contributed by atoms with van der Waals surface area (Å²) in [6.07, 6.45) is 2.83. The summed E-state index contributed by atoms with van der Waals surface area (Å²) in [6.45, 7) is 1.92. The summed E-state index contributed by atoms with van der Waals surface area (Å²) in [5.41, 5.74) is 6.15. The van der Waals surface area contributed by atoms with E-state index in [-0.39, 0.29) is 29.3 Å². The molecule has 9 nitrogen and oxygen atoms in total. The normalized spacial score (nSPS) is 17.1. The van der Waals surface area contributed by atoms with E-state index in [0.29, 0.717) is 17.1 Å². The molecule has 3 N–H and O–H groups in total. The van der Waals surface area contributed by atoms with E-state index in [1.165, 1.54) is 42.7 Å². The Labute approximate surface area is 176 Å². The van der Waals surface area contributed by atoms with Crippen molar-refractivity contribution in [1.82, 2.24) is 14.5 Å². The fourth-order valence-electron chi connectivity index (χ4n) is 3.43. The van der Waals surface area contributed by atoms with Crippen LogP contribution in [0, 0.1) is 28.5 Å². The molecule has 3 heterocycles. The number of carbonyl (C=O) groups excluding carboxylic acids is 1. The number of nitrogens with zero attached hydrogens (tertiary/aromatic N) is 6. The standard InChI is InChI=1S/C21H15FN8O/c1-21(11-30-10-14(8-24)27-19(30)18(25)29-21)15-6-13(3-4-16(15)22)28-20(31)17-5-2-12(7-23)9-26-17/h2-6,9-10H,11H2,1H3,(H2,25,29)(H,28,31)/t21-/m0/s1. The first-order valence-electron chi connectivity index (χ1n) is 9.13. The zero-order valence-corrected chi connectivity index (χ0v) is 16.3. The second-order valence-electron chi connectivity index (χ2n) is 7.15. The van der Waals surface area contributed by atoms with Gasteiger partial charge in [0.05, 0.1) is 12.1 Å². The molecule has 0 unspecified atom stereocenters. The SMILES string of the molecule is C[C@@]1(c2cc(NC(=O)c3ccc(C#N)cn3)ccc2F)Cn2cc(C#N)nc2C(N)=N1. The molecule has 1 aliphatic rings. The molecule has 31 heavy (non-hydrogen) atoms. The number of hydrogen-bond acceptors (Lipinski definition) is 7. The maximum absolute atomic E-state index is 14.8. The molecule has 0 aliphatic carbocycles. The number of amides is 1. The van der Waals surface area contributed by atoms with Crippen molar-refractivity contribution in [1.29, 1.82) is 10.5 Å². The first-order chi connectivity index (χ1) is 14.8. The average molecular weight is 414 g/mol. The highest BCUT2D eigenvalue weighted by Gasteiger charge is 2.35. The van der Waals surface area contributed by atoms with Crippen LogP contribution < -0.4 is 11.1 Å². The highest BCUT2D eigenvalue weighted by molar-refractivity contribution is 6.03. The monoisotopic (exact) mass is 414 g/mol. The van der Waals surface area contributed by atoms with E-state index in [2.05, 4.69) is 20.3 Å². The van der Waals surface area contributed by atoms with E-state index >= 15 is 0 Å². The van der Waals surface area contributed by atoms with Gasteiger partial charge in [0.15, 0.2) is 17.4 Å². The molecular weight excluding hydrogens is 399 g/mol. The Kier molecular flexibility index (Phi) is 4.68. The Morgan fingerprint density at radius 2 is 2.10 bits per heavy atom. The van der Waals surface area contributed by atoms with Crippen molar-refractivity contribution >= 4 is 17.4 Å². The predicted octanol–water partition coefficient (Wildman–Crippen LogP) is 2.05. The van der Waals surface area contributed by atoms with E-state index in [1.54, 1.807) is 11.5 Å². The number of amidine groups is 1. The molecule has 1 aromatic carbocycles. The third kappa shape index (κ3) is 3.58. The van der Waals surface area contributed by atoms with Gasteiger partial charge in [-0.2, -0.15) is 10.5 Å². The van der Waals surface area contributed by atoms with E-state index < -0.39 is 17.3 Å². The van der Waals surface area contributed by atoms with Gasteiger partial charge in [-0.25, -0.2) is 14.4 Å². The van der Waals surface area contributed by atoms with Gasteiger partial charge >= 0.3 is 0 Å². The van der Waals surface area contributed by atoms with Crippen LogP contribution in [0.3, 0.4) is 0 Å². The number of hydrogen-bond donors (Lipinski definition) is 2. The fourth-order valence-corrected chi connectivity index (χ4v) is 3.43. The van der Waals surface area contributed by atoms with Gasteiger partial charge in [0.1, 0.15) is 29.2 Å². The Morgan fingerprint density at radius 1 is 1.29 bits per heavy atom. The van der Waals surface area contributed by atoms with Gasteiger partial charge in [-0.1, -0.05) is 0 Å². The van der Waals surface area contributed by atoms with Crippen molar-refractivity contribution < 1.29 is 9.18 Å². The molecule has 0 spiro atoms. The molecular formula is C21H15FN8O. The first-order valence-corrected chi connectivity index (χ1v) is 9.13. The molecule has 4 rings (SSSR count). The second kappa shape index (κ2) is 7.35. The largest absolute Gasteiger partial charge is 0.381 e. The van der Waals surface area contributed by atoms with E-state index in [0.717, 1.165) is 0 Å². The van der Waals surface area contributed by atoms with Crippen LogP contribution in [-0.4, -0.2) is 26.3 Å². The molecule has 2 aromatic heterocycles. The lowest BCUT2D eigenvalue weighted by Crippen LogP contribution is -2.37. The van der Waals surface area contributed by atoms with Crippen LogP contribution in [-0.2, 0) is 12.1 Å². The van der Waals surface area contributed by atoms with E-state index in [9.17, 15) is 9.18 Å². The van der Waals surface area contributed by atoms with Gasteiger partial charge in [0, 0.05) is 23.6 Å². The third-order valence-electron chi connectivity index (χ3n) is 4.90. The van der Waals surface area contributed by atoms with Crippen LogP contribution >= 0.6 is 0 Å². The number of benzene rings is 1. The molecule has 10 heteroatoms. The van der Waals surface area contributed by atoms with Crippen molar-refractivity contribution in [2.75, 3.05) is 5.32 Å². The van der Waals surface area contributed by atoms with Crippen molar-refractivity contribution in [2.45, 2.75) is 19.0 Å². The van der Waals surface area contributed by atoms with E-state index in [1.807, 2.05) is 12.1 Å². The van der Waals surface area contributed by atoms with Crippen LogP contribution in [0.4, 0.5) is 10.1 Å². The minimum absolute atomic E-state index is 0.0888. The number of fused-ring (bicyclic) bond motifs is 1. The molecule has 0 saturated heterocycles. The zero-order chi connectivity index (χ0) is 22.2. The number of rotatable bonds is 3. The summed E-state index contributed by atoms with van der Waals surface area (Å²) in [5.74, 6) is -0.580. The van der Waals surface area contributed by atoms with Crippen LogP contribution in [0.5, 0.6) is 0 Å². The summed E-state index contributed by atoms with van der Waals surface area (Å²) >= 11 is 0. The molecule has 0 saturated carbocycles.